The molecule has 134 valence electrons. The van der Waals surface area contributed by atoms with Gasteiger partial charge >= 0.3 is 12.1 Å². The van der Waals surface area contributed by atoms with Gasteiger partial charge in [-0.1, -0.05) is 18.2 Å². The molecule has 0 saturated carbocycles. The normalized spacial score (nSPS) is 11.2. The highest BCUT2D eigenvalue weighted by Crippen LogP contribution is 2.34. The van der Waals surface area contributed by atoms with Gasteiger partial charge in [0.25, 0.3) is 5.91 Å². The Morgan fingerprint density at radius 2 is 1.92 bits per heavy atom. The van der Waals surface area contributed by atoms with Crippen molar-refractivity contribution in [3.63, 3.8) is 0 Å². The third-order valence-corrected chi connectivity index (χ3v) is 4.93. The maximum Gasteiger partial charge on any atom is 0.418 e. The molecular formula is C16H14F3NO3S2. The summed E-state index contributed by atoms with van der Waals surface area (Å²) in [6, 6.07) is 8.44. The van der Waals surface area contributed by atoms with Crippen molar-refractivity contribution < 1.29 is 27.5 Å². The molecule has 0 saturated heterocycles. The minimum absolute atomic E-state index is 0.0598. The first-order valence-corrected chi connectivity index (χ1v) is 9.11. The highest BCUT2D eigenvalue weighted by molar-refractivity contribution is 7.99. The third-order valence-electron chi connectivity index (χ3n) is 2.92. The number of thiophene rings is 1. The van der Waals surface area contributed by atoms with Crippen LogP contribution < -0.4 is 5.32 Å². The van der Waals surface area contributed by atoms with E-state index >= 15 is 0 Å². The van der Waals surface area contributed by atoms with Crippen LogP contribution in [0.3, 0.4) is 0 Å². The van der Waals surface area contributed by atoms with Gasteiger partial charge in [-0.3, -0.25) is 9.59 Å². The van der Waals surface area contributed by atoms with E-state index < -0.39 is 30.2 Å². The number of hydrogen-bond donors (Lipinski definition) is 1. The van der Waals surface area contributed by atoms with Crippen LogP contribution in [-0.2, 0) is 26.3 Å². The summed E-state index contributed by atoms with van der Waals surface area (Å²) in [6.07, 6.45) is -4.58. The first kappa shape index (κ1) is 19.3. The average Bonchev–Trinajstić information content (AvgIpc) is 3.06. The molecule has 4 nitrogen and oxygen atoms in total. The second-order valence-electron chi connectivity index (χ2n) is 4.82. The van der Waals surface area contributed by atoms with Crippen LogP contribution >= 0.6 is 23.1 Å². The lowest BCUT2D eigenvalue weighted by Gasteiger charge is -2.13. The van der Waals surface area contributed by atoms with Gasteiger partial charge in [0, 0.05) is 10.6 Å². The predicted molar refractivity (Wildman–Crippen MR) is 91.5 cm³/mol. The third kappa shape index (κ3) is 6.43. The number of anilines is 1. The van der Waals surface area contributed by atoms with Crippen molar-refractivity contribution in [3.05, 3.63) is 52.2 Å². The summed E-state index contributed by atoms with van der Waals surface area (Å²) in [7, 11) is 0. The highest BCUT2D eigenvalue weighted by Gasteiger charge is 2.33. The van der Waals surface area contributed by atoms with Crippen molar-refractivity contribution in [2.75, 3.05) is 17.7 Å². The van der Waals surface area contributed by atoms with E-state index in [1.807, 2.05) is 17.5 Å². The zero-order valence-corrected chi connectivity index (χ0v) is 14.5. The van der Waals surface area contributed by atoms with Gasteiger partial charge in [-0.15, -0.1) is 23.1 Å². The van der Waals surface area contributed by atoms with E-state index in [1.165, 1.54) is 23.9 Å². The molecule has 1 aromatic heterocycles. The summed E-state index contributed by atoms with van der Waals surface area (Å²) in [5, 5.41) is 4.04. The second kappa shape index (κ2) is 8.91. The summed E-state index contributed by atoms with van der Waals surface area (Å²) < 4.78 is 43.3. The van der Waals surface area contributed by atoms with E-state index in [0.29, 0.717) is 5.75 Å². The number of benzene rings is 1. The molecule has 25 heavy (non-hydrogen) atoms. The molecule has 9 heteroatoms. The lowest BCUT2D eigenvalue weighted by Crippen LogP contribution is -2.23. The number of para-hydroxylation sites is 1. The van der Waals surface area contributed by atoms with Gasteiger partial charge in [0.2, 0.25) is 0 Å². The molecule has 0 unspecified atom stereocenters. The van der Waals surface area contributed by atoms with Gasteiger partial charge in [-0.2, -0.15) is 13.2 Å². The Bertz CT molecular complexity index is 718. The average molecular weight is 389 g/mol. The van der Waals surface area contributed by atoms with Gasteiger partial charge in [-0.05, 0) is 23.6 Å². The van der Waals surface area contributed by atoms with E-state index in [1.54, 1.807) is 11.3 Å². The zero-order chi connectivity index (χ0) is 18.3. The van der Waals surface area contributed by atoms with Gasteiger partial charge in [0.1, 0.15) is 0 Å². The highest BCUT2D eigenvalue weighted by atomic mass is 32.2. The number of rotatable bonds is 7. The summed E-state index contributed by atoms with van der Waals surface area (Å²) in [5.74, 6) is -0.712. The van der Waals surface area contributed by atoms with Crippen LogP contribution in [0.1, 0.15) is 10.4 Å². The monoisotopic (exact) mass is 389 g/mol. The van der Waals surface area contributed by atoms with Gasteiger partial charge < -0.3 is 10.1 Å². The maximum atomic E-state index is 12.8. The van der Waals surface area contributed by atoms with Crippen molar-refractivity contribution >= 4 is 40.7 Å². The fourth-order valence-electron chi connectivity index (χ4n) is 1.84. The van der Waals surface area contributed by atoms with Gasteiger partial charge in [0.05, 0.1) is 17.0 Å². The molecule has 0 radical (unpaired) electrons. The van der Waals surface area contributed by atoms with Crippen LogP contribution in [0.15, 0.2) is 41.8 Å². The summed E-state index contributed by atoms with van der Waals surface area (Å²) in [4.78, 5) is 24.4. The molecule has 0 atom stereocenters. The Kier molecular flexibility index (Phi) is 6.89. The van der Waals surface area contributed by atoms with Crippen LogP contribution in [0.5, 0.6) is 0 Å². The molecule has 2 aromatic rings. The zero-order valence-electron chi connectivity index (χ0n) is 12.8. The Morgan fingerprint density at radius 1 is 1.16 bits per heavy atom. The number of halogens is 3. The summed E-state index contributed by atoms with van der Waals surface area (Å²) >= 11 is 2.90. The quantitative estimate of drug-likeness (QED) is 0.722. The molecule has 1 amide bonds. The molecule has 0 aliphatic heterocycles. The predicted octanol–water partition coefficient (Wildman–Crippen LogP) is 4.18. The SMILES string of the molecule is O=C(COC(=O)CSCc1cccs1)Nc1ccccc1C(F)(F)F. The van der Waals surface area contributed by atoms with Crippen LogP contribution in [0.4, 0.5) is 18.9 Å². The topological polar surface area (TPSA) is 55.4 Å². The van der Waals surface area contributed by atoms with E-state index in [0.717, 1.165) is 17.0 Å². The molecule has 1 heterocycles. The molecule has 1 N–H and O–H groups in total. The fourth-order valence-corrected chi connectivity index (χ4v) is 3.50. The van der Waals surface area contributed by atoms with Gasteiger partial charge in [0.15, 0.2) is 6.61 Å². The van der Waals surface area contributed by atoms with Crippen LogP contribution in [0.2, 0.25) is 0 Å². The molecule has 0 aliphatic rings. The number of ether oxygens (including phenoxy) is 1. The van der Waals surface area contributed by atoms with E-state index in [-0.39, 0.29) is 11.4 Å². The van der Waals surface area contributed by atoms with Crippen LogP contribution in [0.25, 0.3) is 0 Å². The van der Waals surface area contributed by atoms with Crippen molar-refractivity contribution in [1.29, 1.82) is 0 Å². The molecular weight excluding hydrogens is 375 g/mol. The van der Waals surface area contributed by atoms with E-state index in [2.05, 4.69) is 5.32 Å². The lowest BCUT2D eigenvalue weighted by molar-refractivity contribution is -0.144. The Hall–Kier alpha value is -2.00. The molecule has 1 aromatic carbocycles. The number of amides is 1. The van der Waals surface area contributed by atoms with Gasteiger partial charge in [-0.25, -0.2) is 0 Å². The molecule has 0 aliphatic carbocycles. The largest absolute Gasteiger partial charge is 0.455 e. The molecule has 0 fully saturated rings. The number of nitrogens with one attached hydrogen (secondary N) is 1. The fraction of sp³-hybridized carbons (Fsp3) is 0.250. The summed E-state index contributed by atoms with van der Waals surface area (Å²) in [6.45, 7) is -0.634. The number of esters is 1. The van der Waals surface area contributed by atoms with Crippen molar-refractivity contribution in [2.45, 2.75) is 11.9 Å². The molecule has 0 spiro atoms. The smallest absolute Gasteiger partial charge is 0.418 e. The Labute approximate surface area is 150 Å². The van der Waals surface area contributed by atoms with Crippen LogP contribution in [-0.4, -0.2) is 24.2 Å². The van der Waals surface area contributed by atoms with Crippen LogP contribution in [0, 0.1) is 0 Å². The van der Waals surface area contributed by atoms with E-state index in [4.69, 9.17) is 4.74 Å². The Balaban J connectivity index is 1.76. The Morgan fingerprint density at radius 3 is 2.60 bits per heavy atom. The molecule has 0 bridgehead atoms. The number of thioether (sulfide) groups is 1. The summed E-state index contributed by atoms with van der Waals surface area (Å²) in [5.41, 5.74) is -1.33. The minimum Gasteiger partial charge on any atom is -0.455 e. The number of hydrogen-bond acceptors (Lipinski definition) is 5. The lowest BCUT2D eigenvalue weighted by atomic mass is 10.1. The van der Waals surface area contributed by atoms with Crippen molar-refractivity contribution in [2.24, 2.45) is 0 Å². The molecule has 2 rings (SSSR count). The van der Waals surface area contributed by atoms with Crippen molar-refractivity contribution in [3.8, 4) is 0 Å². The first-order valence-electron chi connectivity index (χ1n) is 7.08. The van der Waals surface area contributed by atoms with E-state index in [9.17, 15) is 22.8 Å². The maximum absolute atomic E-state index is 12.8. The number of carbonyl (C=O) groups is 2. The standard InChI is InChI=1S/C16H14F3NO3S2/c17-16(18,19)12-5-1-2-6-13(12)20-14(21)8-23-15(22)10-24-9-11-4-3-7-25-11/h1-7H,8-10H2,(H,20,21). The van der Waals surface area contributed by atoms with Crippen molar-refractivity contribution in [1.82, 2.24) is 0 Å². The number of carbonyl (C=O) groups excluding carboxylic acids is 2. The number of alkyl halides is 3. The minimum atomic E-state index is -4.58. The second-order valence-corrected chi connectivity index (χ2v) is 6.84. The first-order chi connectivity index (χ1) is 11.9.